The lowest BCUT2D eigenvalue weighted by Crippen LogP contribution is -2.60. The molecule has 9 nitrogen and oxygen atoms in total. The van der Waals surface area contributed by atoms with Crippen LogP contribution in [0.2, 0.25) is 10.0 Å². The van der Waals surface area contributed by atoms with Crippen LogP contribution in [0.4, 0.5) is 0 Å². The molecule has 2 aromatic rings. The van der Waals surface area contributed by atoms with Gasteiger partial charge in [-0.25, -0.2) is 8.42 Å². The lowest BCUT2D eigenvalue weighted by Gasteiger charge is -2.45. The van der Waals surface area contributed by atoms with Crippen LogP contribution in [0.3, 0.4) is 0 Å². The third kappa shape index (κ3) is 5.47. The number of carbonyl (C=O) groups is 1. The molecule has 1 amide bonds. The molecule has 33 heavy (non-hydrogen) atoms. The molecule has 0 radical (unpaired) electrons. The number of hydrogen-bond acceptors (Lipinski definition) is 6. The molecule has 1 N–H and O–H groups in total. The van der Waals surface area contributed by atoms with Gasteiger partial charge in [-0.05, 0) is 31.0 Å². The molecule has 1 saturated heterocycles. The number of benzene rings is 1. The van der Waals surface area contributed by atoms with Crippen molar-refractivity contribution in [2.24, 2.45) is 7.05 Å². The molecule has 1 aromatic heterocycles. The molecular weight excluding hydrogens is 511 g/mol. The molecule has 1 saturated carbocycles. The van der Waals surface area contributed by atoms with Crippen LogP contribution in [-0.4, -0.2) is 76.8 Å². The number of halogens is 3. The summed E-state index contributed by atoms with van der Waals surface area (Å²) in [5, 5.41) is 11.3. The molecule has 1 aliphatic carbocycles. The van der Waals surface area contributed by atoms with Gasteiger partial charge in [-0.3, -0.25) is 14.4 Å². The summed E-state index contributed by atoms with van der Waals surface area (Å²) in [4.78, 5) is 15.1. The zero-order valence-electron chi connectivity index (χ0n) is 18.2. The van der Waals surface area contributed by atoms with Crippen molar-refractivity contribution in [1.29, 1.82) is 0 Å². The minimum absolute atomic E-state index is 0. The zero-order chi connectivity index (χ0) is 22.9. The molecule has 0 spiro atoms. The van der Waals surface area contributed by atoms with Gasteiger partial charge in [0.15, 0.2) is 0 Å². The van der Waals surface area contributed by atoms with Crippen LogP contribution >= 0.6 is 35.6 Å². The fraction of sp³-hybridized carbons (Fsp3) is 0.550. The summed E-state index contributed by atoms with van der Waals surface area (Å²) in [5.74, 6) is -0.234. The molecule has 13 heteroatoms. The monoisotopic (exact) mass is 536 g/mol. The number of aromatic nitrogens is 3. The van der Waals surface area contributed by atoms with Gasteiger partial charge in [-0.1, -0.05) is 41.3 Å². The van der Waals surface area contributed by atoms with E-state index in [0.717, 1.165) is 25.7 Å². The Labute approximate surface area is 209 Å². The molecule has 2 aliphatic rings. The highest BCUT2D eigenvalue weighted by Gasteiger charge is 2.42. The minimum Gasteiger partial charge on any atom is -0.350 e. The fourth-order valence-corrected chi connectivity index (χ4v) is 6.46. The van der Waals surface area contributed by atoms with Gasteiger partial charge in [-0.15, -0.1) is 17.5 Å². The van der Waals surface area contributed by atoms with E-state index in [2.05, 4.69) is 20.5 Å². The summed E-state index contributed by atoms with van der Waals surface area (Å²) in [6, 6.07) is 4.82. The lowest BCUT2D eigenvalue weighted by molar-refractivity contribution is 0.0539. The Balaban J connectivity index is 0.00000306. The maximum absolute atomic E-state index is 12.8. The highest BCUT2D eigenvalue weighted by atomic mass is 35.5. The lowest BCUT2D eigenvalue weighted by atomic mass is 9.93. The van der Waals surface area contributed by atoms with Crippen LogP contribution in [0.25, 0.3) is 0 Å². The summed E-state index contributed by atoms with van der Waals surface area (Å²) in [6.07, 6.45) is 5.49. The first-order valence-electron chi connectivity index (χ1n) is 10.6. The maximum atomic E-state index is 12.8. The number of rotatable bonds is 6. The average Bonchev–Trinajstić information content (AvgIpc) is 3.42. The SMILES string of the molecule is Cl.Cn1cc(S(=O)(=O)N2CCN(C3(CNC(=O)c4ccc(Cl)cc4Cl)CCCC3)CC2)nn1. The van der Waals surface area contributed by atoms with Gasteiger partial charge in [0, 0.05) is 50.3 Å². The fourth-order valence-electron chi connectivity index (χ4n) is 4.63. The Morgan fingerprint density at radius 2 is 1.82 bits per heavy atom. The molecule has 4 rings (SSSR count). The molecule has 0 atom stereocenters. The highest BCUT2D eigenvalue weighted by molar-refractivity contribution is 7.89. The van der Waals surface area contributed by atoms with Crippen molar-refractivity contribution < 1.29 is 13.2 Å². The molecular formula is C20H27Cl3N6O3S. The number of aryl methyl sites for hydroxylation is 1. The van der Waals surface area contributed by atoms with Crippen molar-refractivity contribution in [3.63, 3.8) is 0 Å². The van der Waals surface area contributed by atoms with E-state index in [9.17, 15) is 13.2 Å². The van der Waals surface area contributed by atoms with Crippen LogP contribution in [0.1, 0.15) is 36.0 Å². The van der Waals surface area contributed by atoms with E-state index in [4.69, 9.17) is 23.2 Å². The Kier molecular flexibility index (Phi) is 8.29. The average molecular weight is 538 g/mol. The summed E-state index contributed by atoms with van der Waals surface area (Å²) in [5.41, 5.74) is 0.209. The number of nitrogens with one attached hydrogen (secondary N) is 1. The molecule has 0 bridgehead atoms. The van der Waals surface area contributed by atoms with Gasteiger partial charge >= 0.3 is 0 Å². The van der Waals surface area contributed by atoms with E-state index in [-0.39, 0.29) is 28.9 Å². The van der Waals surface area contributed by atoms with E-state index in [1.54, 1.807) is 25.2 Å². The zero-order valence-corrected chi connectivity index (χ0v) is 21.4. The summed E-state index contributed by atoms with van der Waals surface area (Å²) in [6.45, 7) is 2.42. The first-order chi connectivity index (χ1) is 15.2. The Morgan fingerprint density at radius 1 is 1.15 bits per heavy atom. The normalized spacial score (nSPS) is 19.2. The largest absolute Gasteiger partial charge is 0.350 e. The smallest absolute Gasteiger partial charge is 0.264 e. The van der Waals surface area contributed by atoms with Crippen LogP contribution in [0.5, 0.6) is 0 Å². The van der Waals surface area contributed by atoms with Crippen molar-refractivity contribution >= 4 is 51.5 Å². The van der Waals surface area contributed by atoms with Gasteiger partial charge < -0.3 is 5.32 Å². The van der Waals surface area contributed by atoms with Gasteiger partial charge in [0.1, 0.15) is 0 Å². The Bertz CT molecular complexity index is 1100. The topological polar surface area (TPSA) is 100 Å². The number of hydrogen-bond donors (Lipinski definition) is 1. The summed E-state index contributed by atoms with van der Waals surface area (Å²) >= 11 is 12.1. The molecule has 1 aromatic carbocycles. The van der Waals surface area contributed by atoms with Crippen LogP contribution in [-0.2, 0) is 17.1 Å². The van der Waals surface area contributed by atoms with E-state index < -0.39 is 10.0 Å². The van der Waals surface area contributed by atoms with Gasteiger partial charge in [0.25, 0.3) is 15.9 Å². The van der Waals surface area contributed by atoms with Crippen LogP contribution in [0, 0.1) is 0 Å². The van der Waals surface area contributed by atoms with Crippen molar-refractivity contribution in [1.82, 2.24) is 29.5 Å². The second-order valence-corrected chi connectivity index (χ2v) is 11.1. The van der Waals surface area contributed by atoms with Crippen LogP contribution in [0.15, 0.2) is 29.4 Å². The standard InChI is InChI=1S/C20H26Cl2N6O3S.ClH/c1-26-13-18(24-25-26)32(30,31)28-10-8-27(9-11-28)20(6-2-3-7-20)14-23-19(29)16-5-4-15(21)12-17(16)22;/h4-5,12-13H,2-3,6-11,14H2,1H3,(H,23,29);1H. The maximum Gasteiger partial charge on any atom is 0.264 e. The Morgan fingerprint density at radius 3 is 2.39 bits per heavy atom. The number of carbonyl (C=O) groups excluding carboxylic acids is 1. The Hall–Kier alpha value is -1.43. The highest BCUT2D eigenvalue weighted by Crippen LogP contribution is 2.36. The number of amides is 1. The number of nitrogens with zero attached hydrogens (tertiary/aromatic N) is 5. The van der Waals surface area contributed by atoms with E-state index in [0.29, 0.717) is 48.3 Å². The van der Waals surface area contributed by atoms with Gasteiger partial charge in [0.2, 0.25) is 5.03 Å². The van der Waals surface area contributed by atoms with Gasteiger partial charge in [0.05, 0.1) is 16.8 Å². The van der Waals surface area contributed by atoms with E-state index in [1.807, 2.05) is 0 Å². The second kappa shape index (κ2) is 10.5. The molecule has 2 heterocycles. The van der Waals surface area contributed by atoms with Crippen molar-refractivity contribution in [2.75, 3.05) is 32.7 Å². The van der Waals surface area contributed by atoms with Crippen molar-refractivity contribution in [3.05, 3.63) is 40.0 Å². The second-order valence-electron chi connectivity index (χ2n) is 8.36. The molecule has 1 aliphatic heterocycles. The summed E-state index contributed by atoms with van der Waals surface area (Å²) in [7, 11) is -2.02. The number of piperazine rings is 1. The van der Waals surface area contributed by atoms with E-state index in [1.165, 1.54) is 15.2 Å². The van der Waals surface area contributed by atoms with Crippen molar-refractivity contribution in [2.45, 2.75) is 36.2 Å². The number of sulfonamides is 1. The van der Waals surface area contributed by atoms with Gasteiger partial charge in [-0.2, -0.15) is 4.31 Å². The third-order valence-corrected chi connectivity index (χ3v) is 8.69. The summed E-state index contributed by atoms with van der Waals surface area (Å²) < 4.78 is 28.5. The predicted octanol–water partition coefficient (Wildman–Crippen LogP) is 2.59. The third-order valence-electron chi connectivity index (χ3n) is 6.38. The first-order valence-corrected chi connectivity index (χ1v) is 12.8. The first kappa shape index (κ1) is 26.2. The van der Waals surface area contributed by atoms with Crippen LogP contribution < -0.4 is 5.32 Å². The van der Waals surface area contributed by atoms with Crippen molar-refractivity contribution in [3.8, 4) is 0 Å². The predicted molar refractivity (Wildman–Crippen MR) is 129 cm³/mol. The van der Waals surface area contributed by atoms with E-state index >= 15 is 0 Å². The quantitative estimate of drug-likeness (QED) is 0.608. The molecule has 2 fully saturated rings. The minimum atomic E-state index is -3.66. The molecule has 182 valence electrons. The molecule has 0 unspecified atom stereocenters.